The van der Waals surface area contributed by atoms with Gasteiger partial charge in [-0.25, -0.2) is 0 Å². The van der Waals surface area contributed by atoms with Crippen LogP contribution >= 0.6 is 0 Å². The molecular formula is C6H13NO3. The van der Waals surface area contributed by atoms with Crippen molar-refractivity contribution in [2.75, 3.05) is 0 Å². The van der Waals surface area contributed by atoms with E-state index < -0.39 is 5.72 Å². The van der Waals surface area contributed by atoms with E-state index in [9.17, 15) is 5.11 Å². The third kappa shape index (κ3) is 1.67. The lowest BCUT2D eigenvalue weighted by molar-refractivity contribution is -0.128. The Balaban J connectivity index is 2.38. The number of hydrogen-bond donors (Lipinski definition) is 4. The molecule has 4 nitrogen and oxygen atoms in total. The summed E-state index contributed by atoms with van der Waals surface area (Å²) in [6.07, 6.45) is 1.59. The molecule has 0 heterocycles. The Bertz CT molecular complexity index is 110. The highest BCUT2D eigenvalue weighted by Gasteiger charge is 2.31. The molecule has 0 spiro atoms. The largest absolute Gasteiger partial charge is 0.393 e. The molecule has 4 N–H and O–H groups in total. The van der Waals surface area contributed by atoms with Crippen molar-refractivity contribution in [2.24, 2.45) is 0 Å². The normalized spacial score (nSPS) is 41.7. The third-order valence-electron chi connectivity index (χ3n) is 1.99. The van der Waals surface area contributed by atoms with Crippen molar-refractivity contribution in [1.29, 1.82) is 0 Å². The monoisotopic (exact) mass is 147 g/mol. The molecule has 1 fully saturated rings. The summed E-state index contributed by atoms with van der Waals surface area (Å²) in [4.78, 5) is 0. The number of rotatable bonds is 1. The molecule has 1 saturated carbocycles. The van der Waals surface area contributed by atoms with Gasteiger partial charge in [0.15, 0.2) is 0 Å². The Morgan fingerprint density at radius 2 is 1.80 bits per heavy atom. The smallest absolute Gasteiger partial charge is 0.137 e. The van der Waals surface area contributed by atoms with Crippen LogP contribution in [0.3, 0.4) is 0 Å². The van der Waals surface area contributed by atoms with E-state index in [1.807, 2.05) is 5.48 Å². The predicted octanol–water partition coefficient (Wildman–Crippen LogP) is -0.411. The summed E-state index contributed by atoms with van der Waals surface area (Å²) in [5, 5.41) is 26.8. The zero-order valence-corrected chi connectivity index (χ0v) is 5.75. The molecule has 10 heavy (non-hydrogen) atoms. The standard InChI is InChI=1S/C6H13NO3/c8-5-1-3-6(9,7-10)4-2-5/h5,7-10H,1-4H2. The Kier molecular flexibility index (Phi) is 2.25. The summed E-state index contributed by atoms with van der Waals surface area (Å²) in [7, 11) is 0. The molecule has 1 aliphatic carbocycles. The van der Waals surface area contributed by atoms with Crippen LogP contribution < -0.4 is 5.48 Å². The molecule has 0 aliphatic heterocycles. The van der Waals surface area contributed by atoms with E-state index in [1.54, 1.807) is 0 Å². The van der Waals surface area contributed by atoms with Gasteiger partial charge in [-0.3, -0.25) is 0 Å². The van der Waals surface area contributed by atoms with Crippen LogP contribution in [0.1, 0.15) is 25.7 Å². The van der Waals surface area contributed by atoms with Gasteiger partial charge in [-0.2, -0.15) is 5.48 Å². The second-order valence-corrected chi connectivity index (χ2v) is 2.87. The minimum Gasteiger partial charge on any atom is -0.393 e. The lowest BCUT2D eigenvalue weighted by atomic mass is 9.90. The highest BCUT2D eigenvalue weighted by molar-refractivity contribution is 4.80. The fourth-order valence-corrected chi connectivity index (χ4v) is 1.19. The molecule has 0 bridgehead atoms. The van der Waals surface area contributed by atoms with Gasteiger partial charge in [0, 0.05) is 0 Å². The molecule has 60 valence electrons. The Morgan fingerprint density at radius 3 is 2.20 bits per heavy atom. The van der Waals surface area contributed by atoms with Crippen LogP contribution in [0.5, 0.6) is 0 Å². The van der Waals surface area contributed by atoms with Crippen molar-refractivity contribution in [2.45, 2.75) is 37.5 Å². The summed E-state index contributed by atoms with van der Waals surface area (Å²) >= 11 is 0. The van der Waals surface area contributed by atoms with Gasteiger partial charge in [-0.05, 0) is 25.7 Å². The van der Waals surface area contributed by atoms with Gasteiger partial charge in [0.1, 0.15) is 5.72 Å². The fourth-order valence-electron chi connectivity index (χ4n) is 1.19. The first kappa shape index (κ1) is 7.94. The van der Waals surface area contributed by atoms with Crippen molar-refractivity contribution in [3.05, 3.63) is 0 Å². The summed E-state index contributed by atoms with van der Waals surface area (Å²) in [6.45, 7) is 0. The van der Waals surface area contributed by atoms with Crippen molar-refractivity contribution >= 4 is 0 Å². The van der Waals surface area contributed by atoms with Crippen molar-refractivity contribution in [1.82, 2.24) is 5.48 Å². The Hall–Kier alpha value is -0.160. The molecule has 0 unspecified atom stereocenters. The van der Waals surface area contributed by atoms with Crippen LogP contribution in [-0.2, 0) is 0 Å². The second kappa shape index (κ2) is 2.84. The molecule has 0 saturated heterocycles. The fraction of sp³-hybridized carbons (Fsp3) is 1.00. The minimum atomic E-state index is -1.15. The average Bonchev–Trinajstić information content (AvgIpc) is 1.96. The van der Waals surface area contributed by atoms with E-state index in [4.69, 9.17) is 10.3 Å². The van der Waals surface area contributed by atoms with E-state index in [0.717, 1.165) is 0 Å². The van der Waals surface area contributed by atoms with Crippen molar-refractivity contribution in [3.63, 3.8) is 0 Å². The highest BCUT2D eigenvalue weighted by Crippen LogP contribution is 2.25. The second-order valence-electron chi connectivity index (χ2n) is 2.87. The number of hydrogen-bond acceptors (Lipinski definition) is 4. The van der Waals surface area contributed by atoms with Crippen LogP contribution in [-0.4, -0.2) is 27.2 Å². The summed E-state index contributed by atoms with van der Waals surface area (Å²) in [5.74, 6) is 0. The third-order valence-corrected chi connectivity index (χ3v) is 1.99. The first-order chi connectivity index (χ1) is 4.66. The zero-order valence-electron chi connectivity index (χ0n) is 5.75. The number of aliphatic hydroxyl groups excluding tert-OH is 1. The number of nitrogens with one attached hydrogen (secondary N) is 1. The molecule has 0 aromatic heterocycles. The molecule has 4 heteroatoms. The Morgan fingerprint density at radius 1 is 1.30 bits per heavy atom. The van der Waals surface area contributed by atoms with Crippen molar-refractivity contribution in [3.8, 4) is 0 Å². The van der Waals surface area contributed by atoms with Crippen molar-refractivity contribution < 1.29 is 15.4 Å². The minimum absolute atomic E-state index is 0.311. The maximum Gasteiger partial charge on any atom is 0.137 e. The van der Waals surface area contributed by atoms with Crippen LogP contribution in [0.15, 0.2) is 0 Å². The summed E-state index contributed by atoms with van der Waals surface area (Å²) < 4.78 is 0. The van der Waals surface area contributed by atoms with Crippen LogP contribution in [0.2, 0.25) is 0 Å². The lowest BCUT2D eigenvalue weighted by Crippen LogP contribution is -2.46. The average molecular weight is 147 g/mol. The maximum atomic E-state index is 9.33. The van der Waals surface area contributed by atoms with E-state index in [1.165, 1.54) is 0 Å². The van der Waals surface area contributed by atoms with Gasteiger partial charge in [-0.1, -0.05) is 0 Å². The van der Waals surface area contributed by atoms with Crippen LogP contribution in [0, 0.1) is 0 Å². The maximum absolute atomic E-state index is 9.33. The molecule has 0 amide bonds. The molecule has 0 radical (unpaired) electrons. The van der Waals surface area contributed by atoms with E-state index in [0.29, 0.717) is 25.7 Å². The molecular weight excluding hydrogens is 134 g/mol. The molecule has 1 aliphatic rings. The van der Waals surface area contributed by atoms with Crippen LogP contribution in [0.25, 0.3) is 0 Å². The van der Waals surface area contributed by atoms with Crippen LogP contribution in [0.4, 0.5) is 0 Å². The van der Waals surface area contributed by atoms with Gasteiger partial charge < -0.3 is 15.4 Å². The number of aliphatic hydroxyl groups is 2. The molecule has 0 atom stereocenters. The van der Waals surface area contributed by atoms with Gasteiger partial charge in [-0.15, -0.1) is 0 Å². The molecule has 0 aromatic carbocycles. The predicted molar refractivity (Wildman–Crippen MR) is 34.3 cm³/mol. The van der Waals surface area contributed by atoms with E-state index in [2.05, 4.69) is 0 Å². The first-order valence-corrected chi connectivity index (χ1v) is 3.48. The zero-order chi connectivity index (χ0) is 7.61. The summed E-state index contributed by atoms with van der Waals surface area (Å²) in [5.41, 5.74) is 0.692. The highest BCUT2D eigenvalue weighted by atomic mass is 16.5. The molecule has 1 rings (SSSR count). The first-order valence-electron chi connectivity index (χ1n) is 3.48. The SMILES string of the molecule is ONC1(O)CCC(O)CC1. The summed E-state index contributed by atoms with van der Waals surface area (Å²) in [6, 6.07) is 0. The van der Waals surface area contributed by atoms with Gasteiger partial charge >= 0.3 is 0 Å². The van der Waals surface area contributed by atoms with Gasteiger partial charge in [0.05, 0.1) is 6.10 Å². The Labute approximate surface area is 59.4 Å². The van der Waals surface area contributed by atoms with E-state index in [-0.39, 0.29) is 6.10 Å². The quantitative estimate of drug-likeness (QED) is 0.300. The van der Waals surface area contributed by atoms with Gasteiger partial charge in [0.25, 0.3) is 0 Å². The van der Waals surface area contributed by atoms with Gasteiger partial charge in [0.2, 0.25) is 0 Å². The molecule has 0 aromatic rings. The topological polar surface area (TPSA) is 72.7 Å². The van der Waals surface area contributed by atoms with E-state index >= 15 is 0 Å². The number of hydroxylamine groups is 1. The lowest BCUT2D eigenvalue weighted by Gasteiger charge is -2.32.